The van der Waals surface area contributed by atoms with Crippen molar-refractivity contribution < 1.29 is 9.21 Å². The fourth-order valence-electron chi connectivity index (χ4n) is 2.49. The van der Waals surface area contributed by atoms with Crippen molar-refractivity contribution in [3.05, 3.63) is 58.8 Å². The van der Waals surface area contributed by atoms with Crippen LogP contribution in [0, 0.1) is 6.92 Å². The van der Waals surface area contributed by atoms with Gasteiger partial charge < -0.3 is 4.42 Å². The molecule has 23 heavy (non-hydrogen) atoms. The molecule has 0 aliphatic heterocycles. The van der Waals surface area contributed by atoms with Gasteiger partial charge in [-0.3, -0.25) is 10.1 Å². The first-order chi connectivity index (χ1) is 11.1. The molecule has 0 aliphatic rings. The molecule has 0 saturated heterocycles. The number of nitrogens with zero attached hydrogens (tertiary/aromatic N) is 1. The molecule has 1 amide bonds. The van der Waals surface area contributed by atoms with Crippen LogP contribution in [0.1, 0.15) is 16.1 Å². The lowest BCUT2D eigenvalue weighted by Gasteiger charge is -1.98. The Morgan fingerprint density at radius 1 is 1.26 bits per heavy atom. The number of aryl methyl sites for hydroxylation is 1. The minimum Gasteiger partial charge on any atom is -0.451 e. The van der Waals surface area contributed by atoms with E-state index in [0.29, 0.717) is 15.7 Å². The quantitative estimate of drug-likeness (QED) is 0.540. The van der Waals surface area contributed by atoms with Gasteiger partial charge in [0.1, 0.15) is 5.58 Å². The van der Waals surface area contributed by atoms with E-state index in [0.717, 1.165) is 21.2 Å². The summed E-state index contributed by atoms with van der Waals surface area (Å²) in [5.41, 5.74) is 2.27. The smallest absolute Gasteiger partial charge is 0.293 e. The lowest BCUT2D eigenvalue weighted by atomic mass is 10.1. The van der Waals surface area contributed by atoms with E-state index in [1.54, 1.807) is 18.2 Å². The van der Waals surface area contributed by atoms with Crippen molar-refractivity contribution in [3.8, 4) is 0 Å². The molecule has 0 radical (unpaired) electrons. The fourth-order valence-corrected chi connectivity index (χ4v) is 3.52. The Hall–Kier alpha value is -2.37. The molecule has 0 fully saturated rings. The summed E-state index contributed by atoms with van der Waals surface area (Å²) in [6.07, 6.45) is 0. The summed E-state index contributed by atoms with van der Waals surface area (Å²) in [6.45, 7) is 1.84. The average Bonchev–Trinajstić information content (AvgIpc) is 3.08. The van der Waals surface area contributed by atoms with Gasteiger partial charge in [-0.15, -0.1) is 0 Å². The number of thiazole rings is 1. The highest BCUT2D eigenvalue weighted by atomic mass is 35.5. The number of hydrogen-bond acceptors (Lipinski definition) is 4. The zero-order chi connectivity index (χ0) is 16.0. The number of fused-ring (bicyclic) bond motifs is 2. The van der Waals surface area contributed by atoms with Gasteiger partial charge in [-0.2, -0.15) is 0 Å². The minimum atomic E-state index is -0.311. The molecule has 2 heterocycles. The molecular weight excluding hydrogens is 332 g/mol. The number of carbonyl (C=O) groups is 1. The van der Waals surface area contributed by atoms with Gasteiger partial charge >= 0.3 is 0 Å². The van der Waals surface area contributed by atoms with Crippen molar-refractivity contribution in [3.63, 3.8) is 0 Å². The van der Waals surface area contributed by atoms with Gasteiger partial charge in [-0.1, -0.05) is 35.1 Å². The van der Waals surface area contributed by atoms with Crippen molar-refractivity contribution in [1.29, 1.82) is 0 Å². The third kappa shape index (κ3) is 2.48. The van der Waals surface area contributed by atoms with Crippen LogP contribution in [0.2, 0.25) is 5.02 Å². The van der Waals surface area contributed by atoms with Crippen LogP contribution in [-0.2, 0) is 0 Å². The number of benzene rings is 2. The average molecular weight is 343 g/mol. The highest BCUT2D eigenvalue weighted by Gasteiger charge is 2.19. The Labute approximate surface area is 140 Å². The third-order valence-electron chi connectivity index (χ3n) is 3.62. The monoisotopic (exact) mass is 342 g/mol. The van der Waals surface area contributed by atoms with Crippen LogP contribution in [0.25, 0.3) is 21.2 Å². The number of halogens is 1. The maximum Gasteiger partial charge on any atom is 0.293 e. The van der Waals surface area contributed by atoms with Gasteiger partial charge in [-0.25, -0.2) is 4.98 Å². The Kier molecular flexibility index (Phi) is 3.32. The Bertz CT molecular complexity index is 1020. The first kappa shape index (κ1) is 14.2. The summed E-state index contributed by atoms with van der Waals surface area (Å²) < 4.78 is 6.69. The number of para-hydroxylation sites is 1. The molecule has 4 nitrogen and oxygen atoms in total. The van der Waals surface area contributed by atoms with Gasteiger partial charge in [0.15, 0.2) is 10.9 Å². The summed E-state index contributed by atoms with van der Waals surface area (Å²) in [7, 11) is 0. The number of nitrogens with one attached hydrogen (secondary N) is 1. The molecule has 0 aliphatic carbocycles. The standard InChI is InChI=1S/C17H11ClN2O2S/c1-9-11-8-10(18)6-7-13(11)22-15(9)16(21)20-17-19-12-4-2-3-5-14(12)23-17/h2-8H,1H3,(H,19,20,21). The van der Waals surface area contributed by atoms with Crippen molar-refractivity contribution in [2.24, 2.45) is 0 Å². The van der Waals surface area contributed by atoms with Crippen molar-refractivity contribution in [2.45, 2.75) is 6.92 Å². The molecule has 0 spiro atoms. The second-order valence-electron chi connectivity index (χ2n) is 5.14. The van der Waals surface area contributed by atoms with E-state index < -0.39 is 0 Å². The molecule has 0 bridgehead atoms. The predicted octanol–water partition coefficient (Wildman–Crippen LogP) is 5.26. The van der Waals surface area contributed by atoms with Crippen LogP contribution in [0.5, 0.6) is 0 Å². The Balaban J connectivity index is 1.70. The van der Waals surface area contributed by atoms with Crippen LogP contribution in [0.4, 0.5) is 5.13 Å². The third-order valence-corrected chi connectivity index (χ3v) is 4.81. The molecule has 4 aromatic rings. The number of amides is 1. The van der Waals surface area contributed by atoms with Crippen molar-refractivity contribution in [1.82, 2.24) is 4.98 Å². The summed E-state index contributed by atoms with van der Waals surface area (Å²) in [6, 6.07) is 13.0. The molecule has 4 rings (SSSR count). The second-order valence-corrected chi connectivity index (χ2v) is 6.60. The lowest BCUT2D eigenvalue weighted by molar-refractivity contribution is 0.0998. The number of hydrogen-bond donors (Lipinski definition) is 1. The van der Waals surface area contributed by atoms with Gasteiger partial charge in [0.2, 0.25) is 0 Å². The van der Waals surface area contributed by atoms with E-state index in [2.05, 4.69) is 10.3 Å². The van der Waals surface area contributed by atoms with Crippen molar-refractivity contribution in [2.75, 3.05) is 5.32 Å². The van der Waals surface area contributed by atoms with Crippen LogP contribution in [-0.4, -0.2) is 10.9 Å². The zero-order valence-corrected chi connectivity index (χ0v) is 13.7. The minimum absolute atomic E-state index is 0.279. The molecule has 114 valence electrons. The normalized spacial score (nSPS) is 11.2. The number of rotatable bonds is 2. The zero-order valence-electron chi connectivity index (χ0n) is 12.1. The second kappa shape index (κ2) is 5.37. The molecule has 2 aromatic heterocycles. The Morgan fingerprint density at radius 2 is 2.09 bits per heavy atom. The largest absolute Gasteiger partial charge is 0.451 e. The van der Waals surface area contributed by atoms with E-state index in [-0.39, 0.29) is 11.7 Å². The molecule has 0 atom stereocenters. The Morgan fingerprint density at radius 3 is 2.91 bits per heavy atom. The molecule has 0 saturated carbocycles. The first-order valence-corrected chi connectivity index (χ1v) is 8.17. The maximum atomic E-state index is 12.5. The molecule has 6 heteroatoms. The summed E-state index contributed by atoms with van der Waals surface area (Å²) >= 11 is 7.43. The number of aromatic nitrogens is 1. The van der Waals surface area contributed by atoms with Crippen LogP contribution in [0.15, 0.2) is 46.9 Å². The van der Waals surface area contributed by atoms with E-state index in [1.807, 2.05) is 31.2 Å². The summed E-state index contributed by atoms with van der Waals surface area (Å²) in [5.74, 6) is -0.0320. The number of furan rings is 1. The highest BCUT2D eigenvalue weighted by Crippen LogP contribution is 2.30. The summed E-state index contributed by atoms with van der Waals surface area (Å²) in [4.78, 5) is 16.9. The topological polar surface area (TPSA) is 55.1 Å². The van der Waals surface area contributed by atoms with Crippen LogP contribution in [0.3, 0.4) is 0 Å². The van der Waals surface area contributed by atoms with E-state index >= 15 is 0 Å². The van der Waals surface area contributed by atoms with Gasteiger partial charge in [0.05, 0.1) is 10.2 Å². The van der Waals surface area contributed by atoms with E-state index in [4.69, 9.17) is 16.0 Å². The van der Waals surface area contributed by atoms with E-state index in [9.17, 15) is 4.79 Å². The van der Waals surface area contributed by atoms with Crippen LogP contribution >= 0.6 is 22.9 Å². The molecule has 2 aromatic carbocycles. The first-order valence-electron chi connectivity index (χ1n) is 6.97. The molecule has 0 unspecified atom stereocenters. The SMILES string of the molecule is Cc1c(C(=O)Nc2nc3ccccc3s2)oc2ccc(Cl)cc12. The van der Waals surface area contributed by atoms with Crippen molar-refractivity contribution >= 4 is 55.2 Å². The number of carbonyl (C=O) groups excluding carboxylic acids is 1. The van der Waals surface area contributed by atoms with Gasteiger partial charge in [0.25, 0.3) is 5.91 Å². The number of anilines is 1. The molecular formula is C17H11ClN2O2S. The predicted molar refractivity (Wildman–Crippen MR) is 93.5 cm³/mol. The van der Waals surface area contributed by atoms with Gasteiger partial charge in [-0.05, 0) is 37.3 Å². The van der Waals surface area contributed by atoms with Gasteiger partial charge in [0, 0.05) is 16.0 Å². The molecule has 1 N–H and O–H groups in total. The van der Waals surface area contributed by atoms with Crippen LogP contribution < -0.4 is 5.32 Å². The van der Waals surface area contributed by atoms with E-state index in [1.165, 1.54) is 11.3 Å². The summed E-state index contributed by atoms with van der Waals surface area (Å²) in [5, 5.41) is 4.81. The highest BCUT2D eigenvalue weighted by molar-refractivity contribution is 7.22. The lowest BCUT2D eigenvalue weighted by Crippen LogP contribution is -2.11. The fraction of sp³-hybridized carbons (Fsp3) is 0.0588. The maximum absolute atomic E-state index is 12.5.